The molecule has 0 aliphatic heterocycles. The Hall–Kier alpha value is -3.40. The van der Waals surface area contributed by atoms with E-state index < -0.39 is 12.1 Å². The first-order valence-electron chi connectivity index (χ1n) is 8.83. The zero-order valence-electron chi connectivity index (χ0n) is 16.3. The highest BCUT2D eigenvalue weighted by molar-refractivity contribution is 7.09. The van der Waals surface area contributed by atoms with E-state index in [2.05, 4.69) is 26.1 Å². The number of aromatic nitrogens is 3. The fourth-order valence-corrected chi connectivity index (χ4v) is 3.38. The monoisotopic (exact) mass is 414 g/mol. The number of nitrogens with one attached hydrogen (secondary N) is 3. The number of benzene rings is 1. The number of hydrogen-bond acceptors (Lipinski definition) is 6. The Kier molecular flexibility index (Phi) is 6.45. The van der Waals surface area contributed by atoms with Gasteiger partial charge in [0.1, 0.15) is 17.6 Å². The molecule has 3 aromatic rings. The Morgan fingerprint density at radius 3 is 2.79 bits per heavy atom. The number of ether oxygens (including phenoxy) is 1. The first-order valence-corrected chi connectivity index (χ1v) is 9.71. The largest absolute Gasteiger partial charge is 0.497 e. The molecule has 0 aliphatic rings. The average molecular weight is 414 g/mol. The number of aryl methyl sites for hydroxylation is 2. The third kappa shape index (κ3) is 5.32. The molecule has 2 aromatic heterocycles. The van der Waals surface area contributed by atoms with Gasteiger partial charge in [-0.25, -0.2) is 20.2 Å². The van der Waals surface area contributed by atoms with Crippen LogP contribution in [-0.4, -0.2) is 33.6 Å². The molecule has 0 fully saturated rings. The molecule has 0 saturated carbocycles. The van der Waals surface area contributed by atoms with E-state index in [-0.39, 0.29) is 12.3 Å². The smallest absolute Gasteiger partial charge is 0.334 e. The van der Waals surface area contributed by atoms with E-state index >= 15 is 0 Å². The van der Waals surface area contributed by atoms with Crippen molar-refractivity contribution in [1.29, 1.82) is 0 Å². The van der Waals surface area contributed by atoms with Crippen LogP contribution >= 0.6 is 11.3 Å². The number of carbonyl (C=O) groups is 2. The Labute approximate surface area is 172 Å². The topological polar surface area (TPSA) is 110 Å². The quantitative estimate of drug-likeness (QED) is 0.533. The van der Waals surface area contributed by atoms with Gasteiger partial charge < -0.3 is 14.6 Å². The fourth-order valence-electron chi connectivity index (χ4n) is 2.77. The second-order valence-electron chi connectivity index (χ2n) is 6.29. The molecule has 3 rings (SSSR count). The molecule has 0 bridgehead atoms. The zero-order chi connectivity index (χ0) is 20.8. The molecule has 2 heterocycles. The lowest BCUT2D eigenvalue weighted by molar-refractivity contribution is -0.121. The Balaban J connectivity index is 1.66. The van der Waals surface area contributed by atoms with Gasteiger partial charge in [0.05, 0.1) is 24.2 Å². The summed E-state index contributed by atoms with van der Waals surface area (Å²) in [6, 6.07) is 6.24. The molecule has 1 atom stereocenters. The van der Waals surface area contributed by atoms with E-state index in [1.165, 1.54) is 11.3 Å². The molecular formula is C19H22N6O3S. The van der Waals surface area contributed by atoms with Crippen molar-refractivity contribution >= 4 is 23.3 Å². The van der Waals surface area contributed by atoms with Crippen molar-refractivity contribution in [3.8, 4) is 5.75 Å². The lowest BCUT2D eigenvalue weighted by atomic mass is 10.1. The van der Waals surface area contributed by atoms with Crippen LogP contribution in [0.15, 0.2) is 42.0 Å². The number of rotatable bonds is 6. The summed E-state index contributed by atoms with van der Waals surface area (Å²) >= 11 is 1.47. The zero-order valence-corrected chi connectivity index (χ0v) is 17.1. The lowest BCUT2D eigenvalue weighted by Crippen LogP contribution is -2.48. The molecular weight excluding hydrogens is 392 g/mol. The van der Waals surface area contributed by atoms with E-state index in [0.717, 1.165) is 10.6 Å². The van der Waals surface area contributed by atoms with E-state index in [9.17, 15) is 9.59 Å². The van der Waals surface area contributed by atoms with Crippen molar-refractivity contribution in [2.24, 2.45) is 7.05 Å². The molecule has 29 heavy (non-hydrogen) atoms. The van der Waals surface area contributed by atoms with E-state index in [4.69, 9.17) is 4.74 Å². The molecule has 0 radical (unpaired) electrons. The molecule has 10 heteroatoms. The number of methoxy groups -OCH3 is 1. The van der Waals surface area contributed by atoms with Crippen LogP contribution in [0.4, 0.5) is 4.79 Å². The van der Waals surface area contributed by atoms with Crippen LogP contribution in [0.2, 0.25) is 0 Å². The summed E-state index contributed by atoms with van der Waals surface area (Å²) in [5.74, 6) is 0.939. The predicted molar refractivity (Wildman–Crippen MR) is 108 cm³/mol. The molecule has 3 N–H and O–H groups in total. The number of amides is 3. The summed E-state index contributed by atoms with van der Waals surface area (Å²) in [6.45, 7) is 1.87. The lowest BCUT2D eigenvalue weighted by Gasteiger charge is -2.20. The molecule has 9 nitrogen and oxygen atoms in total. The van der Waals surface area contributed by atoms with Crippen LogP contribution in [0.3, 0.4) is 0 Å². The van der Waals surface area contributed by atoms with Crippen molar-refractivity contribution in [3.63, 3.8) is 0 Å². The van der Waals surface area contributed by atoms with Gasteiger partial charge in [-0.05, 0) is 24.6 Å². The number of hydrogen-bond donors (Lipinski definition) is 3. The van der Waals surface area contributed by atoms with E-state index in [1.807, 2.05) is 48.2 Å². The highest BCUT2D eigenvalue weighted by Crippen LogP contribution is 2.24. The van der Waals surface area contributed by atoms with Gasteiger partial charge in [0, 0.05) is 24.8 Å². The van der Waals surface area contributed by atoms with Crippen LogP contribution in [-0.2, 0) is 18.3 Å². The molecule has 0 aliphatic carbocycles. The fraction of sp³-hybridized carbons (Fsp3) is 0.263. The minimum Gasteiger partial charge on any atom is -0.497 e. The number of imidazole rings is 1. The minimum atomic E-state index is -0.566. The van der Waals surface area contributed by atoms with E-state index in [0.29, 0.717) is 17.3 Å². The molecule has 0 saturated heterocycles. The van der Waals surface area contributed by atoms with Crippen molar-refractivity contribution in [2.75, 3.05) is 7.11 Å². The van der Waals surface area contributed by atoms with Crippen LogP contribution in [0.1, 0.15) is 28.1 Å². The van der Waals surface area contributed by atoms with Crippen LogP contribution < -0.4 is 20.9 Å². The van der Waals surface area contributed by atoms with Gasteiger partial charge in [-0.3, -0.25) is 10.2 Å². The van der Waals surface area contributed by atoms with Gasteiger partial charge >= 0.3 is 6.03 Å². The standard InChI is InChI=1S/C19H22N6O3S/c1-12-21-14(11-29-12)10-16(26)23-24-19(27)22-17(18-20-7-8-25(18)2)13-5-4-6-15(9-13)28-3/h4-9,11,17H,10H2,1-3H3,(H,23,26)(H2,22,24,27)/t17-/m1/s1. The summed E-state index contributed by atoms with van der Waals surface area (Å²) < 4.78 is 7.09. The molecule has 3 amide bonds. The van der Waals surface area contributed by atoms with Crippen molar-refractivity contribution in [3.05, 3.63) is 64.1 Å². The summed E-state index contributed by atoms with van der Waals surface area (Å²) in [5, 5.41) is 5.53. The molecule has 152 valence electrons. The normalized spacial score (nSPS) is 11.6. The number of carbonyl (C=O) groups excluding carboxylic acids is 2. The van der Waals surface area contributed by atoms with Gasteiger partial charge in [-0.1, -0.05) is 12.1 Å². The Morgan fingerprint density at radius 1 is 1.31 bits per heavy atom. The van der Waals surface area contributed by atoms with Crippen LogP contribution in [0.5, 0.6) is 5.75 Å². The average Bonchev–Trinajstić information content (AvgIpc) is 3.32. The van der Waals surface area contributed by atoms with Crippen LogP contribution in [0.25, 0.3) is 0 Å². The van der Waals surface area contributed by atoms with Gasteiger partial charge in [-0.15, -0.1) is 11.3 Å². The van der Waals surface area contributed by atoms with Gasteiger partial charge in [-0.2, -0.15) is 0 Å². The van der Waals surface area contributed by atoms with Gasteiger partial charge in [0.15, 0.2) is 0 Å². The van der Waals surface area contributed by atoms with Gasteiger partial charge in [0.25, 0.3) is 0 Å². The Bertz CT molecular complexity index is 999. The maximum absolute atomic E-state index is 12.4. The first kappa shape index (κ1) is 20.3. The van der Waals surface area contributed by atoms with Crippen LogP contribution in [0, 0.1) is 6.92 Å². The van der Waals surface area contributed by atoms with Crippen molar-refractivity contribution < 1.29 is 14.3 Å². The number of urea groups is 1. The number of hydrazine groups is 1. The van der Waals surface area contributed by atoms with E-state index in [1.54, 1.807) is 19.5 Å². The van der Waals surface area contributed by atoms with Gasteiger partial charge in [0.2, 0.25) is 5.91 Å². The number of thiazole rings is 1. The van der Waals surface area contributed by atoms with Crippen molar-refractivity contribution in [1.82, 2.24) is 30.7 Å². The Morgan fingerprint density at radius 2 is 2.14 bits per heavy atom. The summed E-state index contributed by atoms with van der Waals surface area (Å²) in [4.78, 5) is 33.0. The molecule has 0 spiro atoms. The SMILES string of the molecule is COc1cccc([C@@H](NC(=O)NNC(=O)Cc2csc(C)n2)c2nccn2C)c1. The summed E-state index contributed by atoms with van der Waals surface area (Å²) in [5.41, 5.74) is 6.22. The number of nitrogens with zero attached hydrogens (tertiary/aromatic N) is 3. The molecule has 0 unspecified atom stereocenters. The second kappa shape index (κ2) is 9.20. The molecule has 1 aromatic carbocycles. The third-order valence-corrected chi connectivity index (χ3v) is 4.97. The highest BCUT2D eigenvalue weighted by Gasteiger charge is 2.21. The minimum absolute atomic E-state index is 0.0866. The summed E-state index contributed by atoms with van der Waals surface area (Å²) in [7, 11) is 3.42. The highest BCUT2D eigenvalue weighted by atomic mass is 32.1. The third-order valence-electron chi connectivity index (χ3n) is 4.14. The first-order chi connectivity index (χ1) is 14.0. The second-order valence-corrected chi connectivity index (χ2v) is 7.35. The summed E-state index contributed by atoms with van der Waals surface area (Å²) in [6.07, 6.45) is 3.53. The predicted octanol–water partition coefficient (Wildman–Crippen LogP) is 1.86. The maximum atomic E-state index is 12.4. The maximum Gasteiger partial charge on any atom is 0.334 e. The van der Waals surface area contributed by atoms with Crippen molar-refractivity contribution in [2.45, 2.75) is 19.4 Å².